The third-order valence-electron chi connectivity index (χ3n) is 2.89. The van der Waals surface area contributed by atoms with E-state index in [1.54, 1.807) is 18.2 Å². The van der Waals surface area contributed by atoms with Crippen molar-refractivity contribution >= 4 is 5.78 Å². The van der Waals surface area contributed by atoms with Crippen molar-refractivity contribution in [1.29, 1.82) is 5.26 Å². The van der Waals surface area contributed by atoms with Crippen LogP contribution in [-0.4, -0.2) is 5.78 Å². The first-order valence-electron chi connectivity index (χ1n) is 5.57. The highest BCUT2D eigenvalue weighted by molar-refractivity contribution is 6.11. The molecular weight excluding hydrogens is 210 g/mol. The van der Waals surface area contributed by atoms with E-state index in [0.717, 1.165) is 11.1 Å². The van der Waals surface area contributed by atoms with Crippen LogP contribution >= 0.6 is 0 Å². The second-order valence-corrected chi connectivity index (χ2v) is 4.31. The van der Waals surface area contributed by atoms with Crippen LogP contribution in [0.25, 0.3) is 0 Å². The zero-order valence-electron chi connectivity index (χ0n) is 9.90. The van der Waals surface area contributed by atoms with Gasteiger partial charge in [-0.25, -0.2) is 0 Å². The van der Waals surface area contributed by atoms with Crippen LogP contribution in [0.3, 0.4) is 0 Å². The van der Waals surface area contributed by atoms with Gasteiger partial charge in [0.25, 0.3) is 0 Å². The van der Waals surface area contributed by atoms with E-state index in [1.165, 1.54) is 0 Å². The Morgan fingerprint density at radius 2 is 2.18 bits per heavy atom. The lowest BCUT2D eigenvalue weighted by molar-refractivity contribution is 0.103. The Kier molecular flexibility index (Phi) is 2.93. The molecule has 1 aliphatic carbocycles. The van der Waals surface area contributed by atoms with Crippen molar-refractivity contribution in [1.82, 2.24) is 0 Å². The van der Waals surface area contributed by atoms with Crippen LogP contribution in [0.4, 0.5) is 0 Å². The van der Waals surface area contributed by atoms with E-state index < -0.39 is 0 Å². The normalized spacial score (nSPS) is 17.7. The Hall–Kier alpha value is -2.14. The summed E-state index contributed by atoms with van der Waals surface area (Å²) in [6.45, 7) is 3.89. The molecule has 1 aromatic carbocycles. The van der Waals surface area contributed by atoms with Gasteiger partial charge in [-0.3, -0.25) is 4.79 Å². The fourth-order valence-corrected chi connectivity index (χ4v) is 1.90. The van der Waals surface area contributed by atoms with Gasteiger partial charge < -0.3 is 0 Å². The Morgan fingerprint density at radius 3 is 2.71 bits per heavy atom. The Bertz CT molecular complexity index is 573. The SMILES string of the molecule is Cc1cc(C(=O)C2=CC(C)C=C2)ccc1C#N. The number of allylic oxidation sites excluding steroid dienone is 4. The second-order valence-electron chi connectivity index (χ2n) is 4.31. The standard InChI is InChI=1S/C15H13NO/c1-10-3-4-12(7-10)15(17)13-5-6-14(9-16)11(2)8-13/h3-8,10H,1-2H3. The van der Waals surface area contributed by atoms with Crippen LogP contribution in [0.5, 0.6) is 0 Å². The van der Waals surface area contributed by atoms with Crippen LogP contribution in [-0.2, 0) is 0 Å². The van der Waals surface area contributed by atoms with E-state index in [1.807, 2.05) is 32.1 Å². The number of nitrogens with zero attached hydrogens (tertiary/aromatic N) is 1. The highest BCUT2D eigenvalue weighted by Crippen LogP contribution is 2.20. The first-order chi connectivity index (χ1) is 8.11. The maximum Gasteiger partial charge on any atom is 0.192 e. The van der Waals surface area contributed by atoms with Crippen molar-refractivity contribution in [3.63, 3.8) is 0 Å². The summed E-state index contributed by atoms with van der Waals surface area (Å²) >= 11 is 0. The minimum Gasteiger partial charge on any atom is -0.289 e. The molecule has 2 rings (SSSR count). The van der Waals surface area contributed by atoms with Crippen LogP contribution in [0.1, 0.15) is 28.4 Å². The molecule has 0 heterocycles. The summed E-state index contributed by atoms with van der Waals surface area (Å²) < 4.78 is 0. The van der Waals surface area contributed by atoms with Crippen molar-refractivity contribution in [2.45, 2.75) is 13.8 Å². The average molecular weight is 223 g/mol. The van der Waals surface area contributed by atoms with E-state index in [-0.39, 0.29) is 5.78 Å². The highest BCUT2D eigenvalue weighted by atomic mass is 16.1. The van der Waals surface area contributed by atoms with Gasteiger partial charge in [0.2, 0.25) is 0 Å². The Morgan fingerprint density at radius 1 is 1.41 bits per heavy atom. The molecule has 17 heavy (non-hydrogen) atoms. The van der Waals surface area contributed by atoms with Crippen molar-refractivity contribution in [2.24, 2.45) is 5.92 Å². The summed E-state index contributed by atoms with van der Waals surface area (Å²) in [4.78, 5) is 12.1. The minimum atomic E-state index is 0.0261. The molecule has 0 fully saturated rings. The summed E-state index contributed by atoms with van der Waals surface area (Å²) in [6.07, 6.45) is 5.82. The van der Waals surface area contributed by atoms with Gasteiger partial charge >= 0.3 is 0 Å². The Labute approximate surface area is 101 Å². The van der Waals surface area contributed by atoms with E-state index >= 15 is 0 Å². The third kappa shape index (κ3) is 2.19. The van der Waals surface area contributed by atoms with Crippen molar-refractivity contribution in [3.8, 4) is 6.07 Å². The van der Waals surface area contributed by atoms with Gasteiger partial charge in [0.15, 0.2) is 5.78 Å². The highest BCUT2D eigenvalue weighted by Gasteiger charge is 2.15. The second kappa shape index (κ2) is 4.39. The molecule has 2 heteroatoms. The average Bonchev–Trinajstić information content (AvgIpc) is 2.75. The number of ketones is 1. The summed E-state index contributed by atoms with van der Waals surface area (Å²) in [7, 11) is 0. The number of carbonyl (C=O) groups is 1. The number of hydrogen-bond acceptors (Lipinski definition) is 2. The van der Waals surface area contributed by atoms with Gasteiger partial charge in [-0.05, 0) is 36.6 Å². The molecule has 0 saturated carbocycles. The molecule has 0 saturated heterocycles. The molecule has 2 nitrogen and oxygen atoms in total. The lowest BCUT2D eigenvalue weighted by atomic mass is 9.99. The van der Waals surface area contributed by atoms with Gasteiger partial charge in [-0.2, -0.15) is 5.26 Å². The number of aryl methyl sites for hydroxylation is 1. The zero-order chi connectivity index (χ0) is 12.4. The van der Waals surface area contributed by atoms with Crippen molar-refractivity contribution in [3.05, 3.63) is 58.7 Å². The van der Waals surface area contributed by atoms with Gasteiger partial charge in [0.05, 0.1) is 11.6 Å². The molecule has 0 N–H and O–H groups in total. The topological polar surface area (TPSA) is 40.9 Å². The van der Waals surface area contributed by atoms with E-state index in [9.17, 15) is 4.79 Å². The molecule has 1 aromatic rings. The molecule has 84 valence electrons. The molecular formula is C15H13NO. The summed E-state index contributed by atoms with van der Waals surface area (Å²) in [5, 5.41) is 8.84. The predicted octanol–water partition coefficient (Wildman–Crippen LogP) is 3.18. The fraction of sp³-hybridized carbons (Fsp3) is 0.200. The van der Waals surface area contributed by atoms with Crippen LogP contribution < -0.4 is 0 Å². The first-order valence-corrected chi connectivity index (χ1v) is 5.57. The van der Waals surface area contributed by atoms with Crippen molar-refractivity contribution in [2.75, 3.05) is 0 Å². The van der Waals surface area contributed by atoms with E-state index in [4.69, 9.17) is 5.26 Å². The lowest BCUT2D eigenvalue weighted by Gasteiger charge is -2.03. The number of Topliss-reactive ketones (excluding diaryl/α,β-unsaturated/α-hetero) is 1. The number of hydrogen-bond donors (Lipinski definition) is 0. The zero-order valence-corrected chi connectivity index (χ0v) is 9.90. The van der Waals surface area contributed by atoms with E-state index in [2.05, 4.69) is 6.07 Å². The maximum absolute atomic E-state index is 12.1. The van der Waals surface area contributed by atoms with Gasteiger partial charge in [0, 0.05) is 11.1 Å². The van der Waals surface area contributed by atoms with Crippen LogP contribution in [0.15, 0.2) is 42.0 Å². The minimum absolute atomic E-state index is 0.0261. The number of nitriles is 1. The first kappa shape index (κ1) is 11.3. The Balaban J connectivity index is 2.33. The molecule has 1 aliphatic rings. The van der Waals surface area contributed by atoms with Crippen LogP contribution in [0.2, 0.25) is 0 Å². The third-order valence-corrected chi connectivity index (χ3v) is 2.89. The molecule has 0 amide bonds. The summed E-state index contributed by atoms with van der Waals surface area (Å²) in [6, 6.07) is 7.29. The van der Waals surface area contributed by atoms with Crippen molar-refractivity contribution < 1.29 is 4.79 Å². The predicted molar refractivity (Wildman–Crippen MR) is 66.6 cm³/mol. The maximum atomic E-state index is 12.1. The monoisotopic (exact) mass is 223 g/mol. The molecule has 1 unspecified atom stereocenters. The molecule has 0 aromatic heterocycles. The quantitative estimate of drug-likeness (QED) is 0.722. The number of carbonyl (C=O) groups excluding carboxylic acids is 1. The summed E-state index contributed by atoms with van der Waals surface area (Å²) in [5.41, 5.74) is 2.84. The summed E-state index contributed by atoms with van der Waals surface area (Å²) in [5.74, 6) is 0.353. The molecule has 0 bridgehead atoms. The molecule has 0 radical (unpaired) electrons. The van der Waals surface area contributed by atoms with Gasteiger partial charge in [-0.15, -0.1) is 0 Å². The molecule has 0 spiro atoms. The smallest absolute Gasteiger partial charge is 0.192 e. The largest absolute Gasteiger partial charge is 0.289 e. The number of benzene rings is 1. The fourth-order valence-electron chi connectivity index (χ4n) is 1.90. The van der Waals surface area contributed by atoms with Gasteiger partial charge in [0.1, 0.15) is 0 Å². The van der Waals surface area contributed by atoms with E-state index in [0.29, 0.717) is 17.0 Å². The number of rotatable bonds is 2. The van der Waals surface area contributed by atoms with Crippen LogP contribution in [0, 0.1) is 24.2 Å². The molecule has 0 aliphatic heterocycles. The van der Waals surface area contributed by atoms with Gasteiger partial charge in [-0.1, -0.05) is 25.2 Å². The lowest BCUT2D eigenvalue weighted by Crippen LogP contribution is -2.01. The molecule has 1 atom stereocenters.